The maximum absolute atomic E-state index is 11.4. The van der Waals surface area contributed by atoms with Gasteiger partial charge in [-0.1, -0.05) is 57.2 Å². The number of alkyl halides is 3. The minimum Gasteiger partial charge on any atom is -0.475 e. The molecule has 1 fully saturated rings. The molecule has 1 aliphatic rings. The molecule has 0 unspecified atom stereocenters. The molecule has 0 saturated heterocycles. The van der Waals surface area contributed by atoms with Crippen LogP contribution >= 0.6 is 0 Å². The number of benzene rings is 2. The lowest BCUT2D eigenvalue weighted by molar-refractivity contribution is -0.192. The third-order valence-corrected chi connectivity index (χ3v) is 6.35. The predicted molar refractivity (Wildman–Crippen MR) is 123 cm³/mol. The van der Waals surface area contributed by atoms with Crippen LogP contribution in [0.15, 0.2) is 48.5 Å². The summed E-state index contributed by atoms with van der Waals surface area (Å²) in [6, 6.07) is 16.3. The molecule has 0 heterocycles. The third kappa shape index (κ3) is 8.22. The van der Waals surface area contributed by atoms with Gasteiger partial charge in [0.25, 0.3) is 0 Å². The first-order chi connectivity index (χ1) is 15.3. The van der Waals surface area contributed by atoms with E-state index < -0.39 is 12.1 Å². The summed E-state index contributed by atoms with van der Waals surface area (Å²) in [4.78, 5) is 20.3. The van der Waals surface area contributed by atoms with E-state index in [1.165, 1.54) is 37.7 Å². The number of rotatable bonds is 5. The minimum atomic E-state index is -5.08. The van der Waals surface area contributed by atoms with Crippen LogP contribution in [0.5, 0.6) is 0 Å². The van der Waals surface area contributed by atoms with Gasteiger partial charge in [-0.25, -0.2) is 4.79 Å². The summed E-state index contributed by atoms with van der Waals surface area (Å²) in [5, 5.41) is 7.12. The largest absolute Gasteiger partial charge is 0.490 e. The standard InChI is InChI=1S/C24H31NO.C2HF3O2/c1-17(15-18-11-13-24(2,3)14-12-18)19-7-9-20(10-8-19)21-5-4-6-22(16-21)23(25)26;3-2(4,5)1(6)7/h4-10,16-18H,11-15H2,1-3H3,(H2,25,26);(H,6,7)/t17-;/m0./s1. The SMILES string of the molecule is C[C@@H](CC1CCC(C)(C)CC1)c1ccc(-c2cccc(C(N)=O)c2)cc1.O=C(O)C(F)(F)F. The minimum absolute atomic E-state index is 0.382. The molecule has 0 aliphatic heterocycles. The highest BCUT2D eigenvalue weighted by molar-refractivity contribution is 5.94. The maximum atomic E-state index is 11.4. The molecule has 1 saturated carbocycles. The van der Waals surface area contributed by atoms with Gasteiger partial charge < -0.3 is 10.8 Å². The Hall–Kier alpha value is -2.83. The second kappa shape index (κ2) is 10.9. The number of aliphatic carboxylic acids is 1. The molecular weight excluding hydrogens is 431 g/mol. The number of primary amides is 1. The van der Waals surface area contributed by atoms with Crippen molar-refractivity contribution >= 4 is 11.9 Å². The lowest BCUT2D eigenvalue weighted by Gasteiger charge is -2.35. The molecular formula is C26H32F3NO3. The van der Waals surface area contributed by atoms with Crippen LogP contribution in [0.1, 0.15) is 74.7 Å². The number of hydrogen-bond acceptors (Lipinski definition) is 2. The van der Waals surface area contributed by atoms with E-state index in [4.69, 9.17) is 15.6 Å². The first-order valence-electron chi connectivity index (χ1n) is 11.1. The fourth-order valence-corrected chi connectivity index (χ4v) is 4.19. The second-order valence-corrected chi connectivity index (χ2v) is 9.61. The molecule has 4 nitrogen and oxygen atoms in total. The van der Waals surface area contributed by atoms with Crippen molar-refractivity contribution < 1.29 is 27.9 Å². The fraction of sp³-hybridized carbons (Fsp3) is 0.462. The molecule has 1 amide bonds. The van der Waals surface area contributed by atoms with Crippen LogP contribution < -0.4 is 5.73 Å². The number of nitrogens with two attached hydrogens (primary N) is 1. The second-order valence-electron chi connectivity index (χ2n) is 9.61. The van der Waals surface area contributed by atoms with E-state index in [-0.39, 0.29) is 5.91 Å². The van der Waals surface area contributed by atoms with Crippen LogP contribution in [-0.2, 0) is 4.79 Å². The Morgan fingerprint density at radius 3 is 2.09 bits per heavy atom. The molecule has 180 valence electrons. The summed E-state index contributed by atoms with van der Waals surface area (Å²) >= 11 is 0. The summed E-state index contributed by atoms with van der Waals surface area (Å²) in [5.74, 6) is -1.68. The van der Waals surface area contributed by atoms with E-state index in [0.29, 0.717) is 16.9 Å². The highest BCUT2D eigenvalue weighted by Crippen LogP contribution is 2.41. The van der Waals surface area contributed by atoms with E-state index in [2.05, 4.69) is 45.0 Å². The molecule has 1 atom stereocenters. The van der Waals surface area contributed by atoms with E-state index in [9.17, 15) is 18.0 Å². The zero-order valence-electron chi connectivity index (χ0n) is 19.3. The van der Waals surface area contributed by atoms with Gasteiger partial charge in [-0.05, 0) is 78.2 Å². The highest BCUT2D eigenvalue weighted by Gasteiger charge is 2.38. The molecule has 0 spiro atoms. The highest BCUT2D eigenvalue weighted by atomic mass is 19.4. The molecule has 3 N–H and O–H groups in total. The Labute approximate surface area is 193 Å². The van der Waals surface area contributed by atoms with Gasteiger partial charge in [0.05, 0.1) is 0 Å². The summed E-state index contributed by atoms with van der Waals surface area (Å²) in [7, 11) is 0. The van der Waals surface area contributed by atoms with Crippen LogP contribution in [0.4, 0.5) is 13.2 Å². The molecule has 7 heteroatoms. The molecule has 0 bridgehead atoms. The van der Waals surface area contributed by atoms with Gasteiger partial charge in [0.1, 0.15) is 0 Å². The lowest BCUT2D eigenvalue weighted by atomic mass is 9.71. The Morgan fingerprint density at radius 1 is 1.06 bits per heavy atom. The summed E-state index contributed by atoms with van der Waals surface area (Å²) in [6.07, 6.45) is 1.66. The number of carboxylic acid groups (broad SMARTS) is 1. The number of amides is 1. The molecule has 3 rings (SSSR count). The van der Waals surface area contributed by atoms with Gasteiger partial charge in [-0.3, -0.25) is 4.79 Å². The summed E-state index contributed by atoms with van der Waals surface area (Å²) in [6.45, 7) is 7.15. The molecule has 0 aromatic heterocycles. The van der Waals surface area contributed by atoms with Crippen molar-refractivity contribution in [1.82, 2.24) is 0 Å². The van der Waals surface area contributed by atoms with Crippen molar-refractivity contribution in [3.05, 3.63) is 59.7 Å². The zero-order chi connectivity index (χ0) is 24.8. The van der Waals surface area contributed by atoms with Gasteiger partial charge in [0, 0.05) is 5.56 Å². The van der Waals surface area contributed by atoms with E-state index in [0.717, 1.165) is 17.0 Å². The van der Waals surface area contributed by atoms with Gasteiger partial charge in [-0.15, -0.1) is 0 Å². The predicted octanol–water partition coefficient (Wildman–Crippen LogP) is 6.80. The first-order valence-corrected chi connectivity index (χ1v) is 11.1. The van der Waals surface area contributed by atoms with Crippen molar-refractivity contribution in [1.29, 1.82) is 0 Å². The zero-order valence-corrected chi connectivity index (χ0v) is 19.3. The monoisotopic (exact) mass is 463 g/mol. The Kier molecular flexibility index (Phi) is 8.69. The van der Waals surface area contributed by atoms with Crippen LogP contribution in [0, 0.1) is 11.3 Å². The summed E-state index contributed by atoms with van der Waals surface area (Å²) in [5.41, 5.74) is 10.1. The molecule has 33 heavy (non-hydrogen) atoms. The maximum Gasteiger partial charge on any atom is 0.490 e. The quantitative estimate of drug-likeness (QED) is 0.512. The smallest absolute Gasteiger partial charge is 0.475 e. The van der Waals surface area contributed by atoms with Crippen molar-refractivity contribution in [2.75, 3.05) is 0 Å². The molecule has 2 aromatic rings. The Balaban J connectivity index is 0.000000479. The van der Waals surface area contributed by atoms with Crippen molar-refractivity contribution in [2.45, 2.75) is 65.0 Å². The fourth-order valence-electron chi connectivity index (χ4n) is 4.19. The first kappa shape index (κ1) is 26.4. The van der Waals surface area contributed by atoms with Gasteiger partial charge >= 0.3 is 12.1 Å². The average Bonchev–Trinajstić information content (AvgIpc) is 2.75. The number of carbonyl (C=O) groups is 2. The van der Waals surface area contributed by atoms with Crippen molar-refractivity contribution in [3.63, 3.8) is 0 Å². The Bertz CT molecular complexity index is 942. The van der Waals surface area contributed by atoms with Crippen LogP contribution in [-0.4, -0.2) is 23.2 Å². The van der Waals surface area contributed by atoms with Crippen LogP contribution in [0.25, 0.3) is 11.1 Å². The molecule has 1 aliphatic carbocycles. The number of hydrogen-bond donors (Lipinski definition) is 2. The van der Waals surface area contributed by atoms with Gasteiger partial charge in [-0.2, -0.15) is 13.2 Å². The van der Waals surface area contributed by atoms with Crippen LogP contribution in [0.2, 0.25) is 0 Å². The Morgan fingerprint density at radius 2 is 1.61 bits per heavy atom. The molecule has 2 aromatic carbocycles. The average molecular weight is 464 g/mol. The lowest BCUT2D eigenvalue weighted by Crippen LogP contribution is -2.22. The van der Waals surface area contributed by atoms with E-state index in [1.54, 1.807) is 6.07 Å². The van der Waals surface area contributed by atoms with E-state index >= 15 is 0 Å². The number of halogens is 3. The van der Waals surface area contributed by atoms with Crippen LogP contribution in [0.3, 0.4) is 0 Å². The summed E-state index contributed by atoms with van der Waals surface area (Å²) < 4.78 is 31.7. The topological polar surface area (TPSA) is 80.4 Å². The molecule has 0 radical (unpaired) electrons. The number of carboxylic acids is 1. The van der Waals surface area contributed by atoms with Gasteiger partial charge in [0.15, 0.2) is 0 Å². The van der Waals surface area contributed by atoms with E-state index in [1.807, 2.05) is 18.2 Å². The van der Waals surface area contributed by atoms with Crippen molar-refractivity contribution in [3.8, 4) is 11.1 Å². The number of carbonyl (C=O) groups excluding carboxylic acids is 1. The third-order valence-electron chi connectivity index (χ3n) is 6.35. The normalized spacial score (nSPS) is 16.9. The van der Waals surface area contributed by atoms with Gasteiger partial charge in [0.2, 0.25) is 5.91 Å². The van der Waals surface area contributed by atoms with Crippen molar-refractivity contribution in [2.24, 2.45) is 17.1 Å².